The van der Waals surface area contributed by atoms with Crippen LogP contribution in [0.5, 0.6) is 0 Å². The van der Waals surface area contributed by atoms with E-state index in [9.17, 15) is 4.39 Å². The van der Waals surface area contributed by atoms with E-state index in [1.165, 1.54) is 25.2 Å². The SMILES string of the molecule is C=C/C=C\C(F)=C(/C)CO. The van der Waals surface area contributed by atoms with Crippen LogP contribution in [0.4, 0.5) is 4.39 Å². The van der Waals surface area contributed by atoms with Crippen LogP contribution in [-0.4, -0.2) is 11.7 Å². The molecule has 0 saturated carbocycles. The molecule has 0 spiro atoms. The van der Waals surface area contributed by atoms with Gasteiger partial charge in [0.25, 0.3) is 0 Å². The van der Waals surface area contributed by atoms with E-state index in [4.69, 9.17) is 5.11 Å². The van der Waals surface area contributed by atoms with Crippen LogP contribution < -0.4 is 0 Å². The summed E-state index contributed by atoms with van der Waals surface area (Å²) in [6.07, 6.45) is 4.22. The zero-order valence-corrected chi connectivity index (χ0v) is 5.97. The van der Waals surface area contributed by atoms with Gasteiger partial charge < -0.3 is 5.11 Å². The third-order valence-corrected chi connectivity index (χ3v) is 1.02. The predicted octanol–water partition coefficient (Wildman–Crippen LogP) is 1.96. The van der Waals surface area contributed by atoms with Gasteiger partial charge in [0, 0.05) is 0 Å². The van der Waals surface area contributed by atoms with E-state index in [0.717, 1.165) is 0 Å². The Morgan fingerprint density at radius 3 is 2.70 bits per heavy atom. The number of allylic oxidation sites excluding steroid dienone is 4. The normalized spacial score (nSPS) is 13.5. The molecule has 1 nitrogen and oxygen atoms in total. The molecule has 0 rings (SSSR count). The van der Waals surface area contributed by atoms with Gasteiger partial charge in [0.05, 0.1) is 6.61 Å². The lowest BCUT2D eigenvalue weighted by Gasteiger charge is -1.92. The van der Waals surface area contributed by atoms with Crippen LogP contribution >= 0.6 is 0 Å². The number of hydrogen-bond donors (Lipinski definition) is 1. The summed E-state index contributed by atoms with van der Waals surface area (Å²) in [6.45, 7) is 4.67. The first-order chi connectivity index (χ1) is 4.72. The molecule has 0 fully saturated rings. The zero-order valence-electron chi connectivity index (χ0n) is 5.97. The molecule has 0 saturated heterocycles. The van der Waals surface area contributed by atoms with Crippen LogP contribution in [0.15, 0.2) is 36.2 Å². The van der Waals surface area contributed by atoms with E-state index in [1.807, 2.05) is 0 Å². The van der Waals surface area contributed by atoms with Crippen molar-refractivity contribution in [2.45, 2.75) is 6.92 Å². The van der Waals surface area contributed by atoms with Crippen molar-refractivity contribution in [1.82, 2.24) is 0 Å². The van der Waals surface area contributed by atoms with Gasteiger partial charge in [0.1, 0.15) is 5.83 Å². The summed E-state index contributed by atoms with van der Waals surface area (Å²) in [5, 5.41) is 8.45. The minimum absolute atomic E-state index is 0.243. The molecule has 1 N–H and O–H groups in total. The highest BCUT2D eigenvalue weighted by Gasteiger charge is 1.92. The topological polar surface area (TPSA) is 20.2 Å². The van der Waals surface area contributed by atoms with Crippen molar-refractivity contribution < 1.29 is 9.50 Å². The molecule has 0 aliphatic rings. The fraction of sp³-hybridized carbons (Fsp3) is 0.250. The van der Waals surface area contributed by atoms with Gasteiger partial charge in [-0.05, 0) is 18.6 Å². The van der Waals surface area contributed by atoms with Crippen molar-refractivity contribution in [2.24, 2.45) is 0 Å². The summed E-state index contributed by atoms with van der Waals surface area (Å²) >= 11 is 0. The van der Waals surface area contributed by atoms with Crippen LogP contribution in [0.3, 0.4) is 0 Å². The molecule has 0 aromatic rings. The third kappa shape index (κ3) is 3.20. The number of aliphatic hydroxyl groups excluding tert-OH is 1. The predicted molar refractivity (Wildman–Crippen MR) is 40.2 cm³/mol. The first-order valence-electron chi connectivity index (χ1n) is 2.97. The largest absolute Gasteiger partial charge is 0.392 e. The molecule has 0 aromatic heterocycles. The van der Waals surface area contributed by atoms with Gasteiger partial charge in [-0.25, -0.2) is 4.39 Å². The number of halogens is 1. The minimum Gasteiger partial charge on any atom is -0.392 e. The molecule has 0 heterocycles. The average Bonchev–Trinajstić information content (AvgIpc) is 1.98. The van der Waals surface area contributed by atoms with E-state index in [0.29, 0.717) is 5.57 Å². The molecule has 0 aliphatic carbocycles. The van der Waals surface area contributed by atoms with Crippen molar-refractivity contribution in [3.8, 4) is 0 Å². The van der Waals surface area contributed by atoms with Crippen molar-refractivity contribution in [3.05, 3.63) is 36.2 Å². The maximum atomic E-state index is 12.6. The Morgan fingerprint density at radius 2 is 2.30 bits per heavy atom. The Labute approximate surface area is 60.2 Å². The zero-order chi connectivity index (χ0) is 7.98. The maximum Gasteiger partial charge on any atom is 0.124 e. The quantitative estimate of drug-likeness (QED) is 0.597. The van der Waals surface area contributed by atoms with Crippen molar-refractivity contribution in [1.29, 1.82) is 0 Å². The Balaban J connectivity index is 4.17. The Bertz CT molecular complexity index is 168. The van der Waals surface area contributed by atoms with Crippen LogP contribution in [-0.2, 0) is 0 Å². The number of rotatable bonds is 3. The van der Waals surface area contributed by atoms with Gasteiger partial charge in [-0.1, -0.05) is 18.7 Å². The molecule has 10 heavy (non-hydrogen) atoms. The fourth-order valence-corrected chi connectivity index (χ4v) is 0.370. The van der Waals surface area contributed by atoms with Gasteiger partial charge in [0.15, 0.2) is 0 Å². The molecule has 56 valence electrons. The molecule has 0 atom stereocenters. The molecule has 2 heteroatoms. The number of aliphatic hydroxyl groups is 1. The monoisotopic (exact) mass is 142 g/mol. The summed E-state index contributed by atoms with van der Waals surface area (Å²) in [5.41, 5.74) is 0.332. The van der Waals surface area contributed by atoms with Crippen LogP contribution in [0.2, 0.25) is 0 Å². The summed E-state index contributed by atoms with van der Waals surface area (Å²) in [5.74, 6) is -0.401. The van der Waals surface area contributed by atoms with Gasteiger partial charge in [-0.3, -0.25) is 0 Å². The maximum absolute atomic E-state index is 12.6. The Morgan fingerprint density at radius 1 is 1.70 bits per heavy atom. The lowest BCUT2D eigenvalue weighted by atomic mass is 10.2. The minimum atomic E-state index is -0.401. The first kappa shape index (κ1) is 9.11. The van der Waals surface area contributed by atoms with E-state index in [1.54, 1.807) is 0 Å². The molecular weight excluding hydrogens is 131 g/mol. The molecule has 0 aromatic carbocycles. The third-order valence-electron chi connectivity index (χ3n) is 1.02. The summed E-state index contributed by atoms with van der Waals surface area (Å²) < 4.78 is 12.6. The molecule has 0 bridgehead atoms. The van der Waals surface area contributed by atoms with Crippen molar-refractivity contribution >= 4 is 0 Å². The summed E-state index contributed by atoms with van der Waals surface area (Å²) in [6, 6.07) is 0. The lowest BCUT2D eigenvalue weighted by molar-refractivity contribution is 0.327. The van der Waals surface area contributed by atoms with Gasteiger partial charge in [0.2, 0.25) is 0 Å². The second kappa shape index (κ2) is 4.94. The van der Waals surface area contributed by atoms with Crippen LogP contribution in [0, 0.1) is 0 Å². The van der Waals surface area contributed by atoms with Crippen LogP contribution in [0.25, 0.3) is 0 Å². The number of hydrogen-bond acceptors (Lipinski definition) is 1. The van der Waals surface area contributed by atoms with E-state index in [2.05, 4.69) is 6.58 Å². The molecular formula is C8H11FO. The van der Waals surface area contributed by atoms with E-state index in [-0.39, 0.29) is 6.61 Å². The Kier molecular flexibility index (Phi) is 4.50. The highest BCUT2D eigenvalue weighted by molar-refractivity contribution is 5.20. The molecule has 0 unspecified atom stereocenters. The second-order valence-electron chi connectivity index (χ2n) is 1.88. The van der Waals surface area contributed by atoms with Gasteiger partial charge in [-0.15, -0.1) is 0 Å². The molecule has 0 amide bonds. The smallest absolute Gasteiger partial charge is 0.124 e. The average molecular weight is 142 g/mol. The highest BCUT2D eigenvalue weighted by atomic mass is 19.1. The van der Waals surface area contributed by atoms with Gasteiger partial charge in [-0.2, -0.15) is 0 Å². The fourth-order valence-electron chi connectivity index (χ4n) is 0.370. The molecule has 0 aliphatic heterocycles. The van der Waals surface area contributed by atoms with Crippen LogP contribution in [0.1, 0.15) is 6.92 Å². The van der Waals surface area contributed by atoms with Crippen molar-refractivity contribution in [2.75, 3.05) is 6.61 Å². The van der Waals surface area contributed by atoms with Crippen molar-refractivity contribution in [3.63, 3.8) is 0 Å². The molecule has 0 radical (unpaired) electrons. The standard InChI is InChI=1S/C8H11FO/c1-3-4-5-8(9)7(2)6-10/h3-5,10H,1,6H2,2H3/b5-4-,8-7-. The Hall–Kier alpha value is -0.890. The summed E-state index contributed by atoms with van der Waals surface area (Å²) in [7, 11) is 0. The first-order valence-corrected chi connectivity index (χ1v) is 2.97. The van der Waals surface area contributed by atoms with Gasteiger partial charge >= 0.3 is 0 Å². The lowest BCUT2D eigenvalue weighted by Crippen LogP contribution is -1.85. The highest BCUT2D eigenvalue weighted by Crippen LogP contribution is 2.05. The van der Waals surface area contributed by atoms with E-state index >= 15 is 0 Å². The van der Waals surface area contributed by atoms with E-state index < -0.39 is 5.83 Å². The summed E-state index contributed by atoms with van der Waals surface area (Å²) in [4.78, 5) is 0. The second-order valence-corrected chi connectivity index (χ2v) is 1.88.